The fourth-order valence-corrected chi connectivity index (χ4v) is 3.37. The number of aryl methyl sites for hydroxylation is 1. The molecule has 1 amide bonds. The number of carbonyl (C=O) groups excluding carboxylic acids is 1. The maximum absolute atomic E-state index is 12.5. The summed E-state index contributed by atoms with van der Waals surface area (Å²) in [4.78, 5) is 19.4. The minimum Gasteiger partial charge on any atom is -0.329 e. The summed E-state index contributed by atoms with van der Waals surface area (Å²) in [6.45, 7) is 6.17. The fourth-order valence-electron chi connectivity index (χ4n) is 3.37. The average molecular weight is 312 g/mol. The largest absolute Gasteiger partial charge is 0.329 e. The number of hydrogen-bond donors (Lipinski definition) is 1. The molecule has 1 saturated heterocycles. The van der Waals surface area contributed by atoms with E-state index in [1.165, 1.54) is 0 Å². The van der Waals surface area contributed by atoms with E-state index in [1.54, 1.807) is 0 Å². The number of nitrogens with one attached hydrogen (secondary N) is 1. The van der Waals surface area contributed by atoms with E-state index in [0.29, 0.717) is 11.7 Å². The van der Waals surface area contributed by atoms with Gasteiger partial charge in [-0.05, 0) is 59.0 Å². The lowest BCUT2D eigenvalue weighted by Gasteiger charge is -2.31. The van der Waals surface area contributed by atoms with Gasteiger partial charge in [0.2, 0.25) is 0 Å². The second kappa shape index (κ2) is 6.54. The number of carbonyl (C=O) groups is 1. The number of rotatable bonds is 3. The molecule has 0 bridgehead atoms. The smallest absolute Gasteiger partial charge is 0.276 e. The van der Waals surface area contributed by atoms with Gasteiger partial charge < -0.3 is 14.8 Å². The van der Waals surface area contributed by atoms with Crippen LogP contribution in [0.2, 0.25) is 0 Å². The standard InChI is InChI=1S/C18H24N4O/c1-13-17(18(23)20-15-7-5-4-6-8-15)19-14(2)22(13)16-9-11-21(3)12-10-16/h4-8,16H,9-12H2,1-3H3,(H,20,23). The van der Waals surface area contributed by atoms with Crippen LogP contribution in [-0.2, 0) is 0 Å². The Morgan fingerprint density at radius 1 is 1.17 bits per heavy atom. The van der Waals surface area contributed by atoms with E-state index >= 15 is 0 Å². The Morgan fingerprint density at radius 2 is 1.83 bits per heavy atom. The first-order chi connectivity index (χ1) is 11.1. The molecule has 0 atom stereocenters. The predicted molar refractivity (Wildman–Crippen MR) is 91.9 cm³/mol. The molecule has 1 aromatic heterocycles. The van der Waals surface area contributed by atoms with Crippen molar-refractivity contribution in [1.29, 1.82) is 0 Å². The van der Waals surface area contributed by atoms with Crippen LogP contribution in [0.5, 0.6) is 0 Å². The number of hydrogen-bond acceptors (Lipinski definition) is 3. The van der Waals surface area contributed by atoms with Gasteiger partial charge >= 0.3 is 0 Å². The number of imidazole rings is 1. The number of para-hydroxylation sites is 1. The highest BCUT2D eigenvalue weighted by atomic mass is 16.1. The summed E-state index contributed by atoms with van der Waals surface area (Å²) in [6, 6.07) is 9.95. The maximum Gasteiger partial charge on any atom is 0.276 e. The Kier molecular flexibility index (Phi) is 4.48. The molecule has 5 nitrogen and oxygen atoms in total. The molecule has 0 radical (unpaired) electrons. The molecule has 23 heavy (non-hydrogen) atoms. The quantitative estimate of drug-likeness (QED) is 0.948. The van der Waals surface area contributed by atoms with Crippen molar-refractivity contribution in [3.8, 4) is 0 Å². The highest BCUT2D eigenvalue weighted by molar-refractivity contribution is 6.03. The average Bonchev–Trinajstić information content (AvgIpc) is 2.84. The normalized spacial score (nSPS) is 16.5. The van der Waals surface area contributed by atoms with Gasteiger partial charge in [0.1, 0.15) is 11.5 Å². The predicted octanol–water partition coefficient (Wildman–Crippen LogP) is 3.02. The number of aromatic nitrogens is 2. The van der Waals surface area contributed by atoms with Crippen LogP contribution in [-0.4, -0.2) is 40.5 Å². The Hall–Kier alpha value is -2.14. The first-order valence-corrected chi connectivity index (χ1v) is 8.16. The first-order valence-electron chi connectivity index (χ1n) is 8.16. The van der Waals surface area contributed by atoms with Crippen LogP contribution >= 0.6 is 0 Å². The van der Waals surface area contributed by atoms with Crippen molar-refractivity contribution in [3.63, 3.8) is 0 Å². The number of piperidine rings is 1. The van der Waals surface area contributed by atoms with Crippen molar-refractivity contribution in [2.24, 2.45) is 0 Å². The Labute approximate surface area is 137 Å². The lowest BCUT2D eigenvalue weighted by Crippen LogP contribution is -2.32. The van der Waals surface area contributed by atoms with Gasteiger partial charge in [-0.1, -0.05) is 18.2 Å². The monoisotopic (exact) mass is 312 g/mol. The third-order valence-corrected chi connectivity index (χ3v) is 4.63. The van der Waals surface area contributed by atoms with Gasteiger partial charge in [-0.3, -0.25) is 4.79 Å². The van der Waals surface area contributed by atoms with E-state index in [2.05, 4.69) is 26.8 Å². The van der Waals surface area contributed by atoms with E-state index in [0.717, 1.165) is 43.1 Å². The van der Waals surface area contributed by atoms with Crippen LogP contribution in [0.4, 0.5) is 5.69 Å². The van der Waals surface area contributed by atoms with Gasteiger partial charge in [-0.25, -0.2) is 4.98 Å². The molecular weight excluding hydrogens is 288 g/mol. The summed E-state index contributed by atoms with van der Waals surface area (Å²) < 4.78 is 2.24. The zero-order chi connectivity index (χ0) is 16.4. The van der Waals surface area contributed by atoms with Gasteiger partial charge in [0, 0.05) is 17.4 Å². The van der Waals surface area contributed by atoms with E-state index in [4.69, 9.17) is 0 Å². The van der Waals surface area contributed by atoms with Gasteiger partial charge in [0.25, 0.3) is 5.91 Å². The maximum atomic E-state index is 12.5. The minimum absolute atomic E-state index is 0.136. The molecule has 2 heterocycles. The van der Waals surface area contributed by atoms with E-state index in [1.807, 2.05) is 44.2 Å². The number of nitrogens with zero attached hydrogens (tertiary/aromatic N) is 3. The molecule has 0 unspecified atom stereocenters. The summed E-state index contributed by atoms with van der Waals surface area (Å²) in [7, 11) is 2.16. The van der Waals surface area contributed by atoms with Gasteiger partial charge in [-0.15, -0.1) is 0 Å². The SMILES string of the molecule is Cc1nc(C(=O)Nc2ccccc2)c(C)n1C1CCN(C)CC1. The van der Waals surface area contributed by atoms with Crippen LogP contribution in [0.3, 0.4) is 0 Å². The Bertz CT molecular complexity index is 685. The summed E-state index contributed by atoms with van der Waals surface area (Å²) in [5.41, 5.74) is 2.29. The highest BCUT2D eigenvalue weighted by Crippen LogP contribution is 2.26. The Balaban J connectivity index is 1.81. The zero-order valence-electron chi connectivity index (χ0n) is 14.0. The number of likely N-dealkylation sites (tertiary alicyclic amines) is 1. The molecule has 5 heteroatoms. The molecule has 1 aliphatic heterocycles. The van der Waals surface area contributed by atoms with Crippen LogP contribution < -0.4 is 5.32 Å². The Morgan fingerprint density at radius 3 is 2.48 bits per heavy atom. The van der Waals surface area contributed by atoms with E-state index in [9.17, 15) is 4.79 Å². The summed E-state index contributed by atoms with van der Waals surface area (Å²) >= 11 is 0. The molecule has 0 saturated carbocycles. The molecule has 122 valence electrons. The van der Waals surface area contributed by atoms with Crippen molar-refractivity contribution in [3.05, 3.63) is 47.5 Å². The highest BCUT2D eigenvalue weighted by Gasteiger charge is 2.25. The van der Waals surface area contributed by atoms with Gasteiger partial charge in [0.15, 0.2) is 0 Å². The van der Waals surface area contributed by atoms with Crippen LogP contribution in [0, 0.1) is 13.8 Å². The lowest BCUT2D eigenvalue weighted by atomic mass is 10.0. The molecule has 1 N–H and O–H groups in total. The fraction of sp³-hybridized carbons (Fsp3) is 0.444. The zero-order valence-corrected chi connectivity index (χ0v) is 14.0. The molecular formula is C18H24N4O. The van der Waals surface area contributed by atoms with Crippen molar-refractivity contribution in [2.45, 2.75) is 32.7 Å². The second-order valence-corrected chi connectivity index (χ2v) is 6.32. The van der Waals surface area contributed by atoms with Crippen molar-refractivity contribution in [1.82, 2.24) is 14.5 Å². The van der Waals surface area contributed by atoms with Crippen LogP contribution in [0.25, 0.3) is 0 Å². The molecule has 2 aromatic rings. The third-order valence-electron chi connectivity index (χ3n) is 4.63. The van der Waals surface area contributed by atoms with Crippen molar-refractivity contribution < 1.29 is 4.79 Å². The summed E-state index contributed by atoms with van der Waals surface area (Å²) in [6.07, 6.45) is 2.21. The van der Waals surface area contributed by atoms with E-state index < -0.39 is 0 Å². The lowest BCUT2D eigenvalue weighted by molar-refractivity contribution is 0.102. The van der Waals surface area contributed by atoms with Crippen LogP contribution in [0.15, 0.2) is 30.3 Å². The summed E-state index contributed by atoms with van der Waals surface area (Å²) in [5, 5.41) is 2.93. The molecule has 1 fully saturated rings. The topological polar surface area (TPSA) is 50.2 Å². The molecule has 0 spiro atoms. The molecule has 0 aliphatic carbocycles. The number of benzene rings is 1. The van der Waals surface area contributed by atoms with Gasteiger partial charge in [-0.2, -0.15) is 0 Å². The number of anilines is 1. The van der Waals surface area contributed by atoms with Crippen molar-refractivity contribution >= 4 is 11.6 Å². The second-order valence-electron chi connectivity index (χ2n) is 6.32. The summed E-state index contributed by atoms with van der Waals surface area (Å²) in [5.74, 6) is 0.791. The van der Waals surface area contributed by atoms with Crippen molar-refractivity contribution in [2.75, 3.05) is 25.5 Å². The first kappa shape index (κ1) is 15.7. The molecule has 1 aromatic carbocycles. The number of amides is 1. The molecule has 3 rings (SSSR count). The minimum atomic E-state index is -0.136. The molecule has 1 aliphatic rings. The van der Waals surface area contributed by atoms with E-state index in [-0.39, 0.29) is 5.91 Å². The van der Waals surface area contributed by atoms with Crippen LogP contribution in [0.1, 0.15) is 40.9 Å². The van der Waals surface area contributed by atoms with Gasteiger partial charge in [0.05, 0.1) is 0 Å². The third kappa shape index (κ3) is 3.29.